The van der Waals surface area contributed by atoms with Gasteiger partial charge in [0.2, 0.25) is 23.6 Å². The van der Waals surface area contributed by atoms with Gasteiger partial charge in [0.25, 0.3) is 0 Å². The van der Waals surface area contributed by atoms with Crippen LogP contribution in [-0.2, 0) is 21.4 Å². The van der Waals surface area contributed by atoms with Crippen LogP contribution in [0.4, 0.5) is 0 Å². The number of aromatic nitrogens is 2. The summed E-state index contributed by atoms with van der Waals surface area (Å²) in [5.74, 6) is 1.95. The first-order valence-electron chi connectivity index (χ1n) is 11.3. The van der Waals surface area contributed by atoms with Gasteiger partial charge in [-0.3, -0.25) is 14.5 Å². The SMILES string of the molecule is O=C1NC[C@@H](Cc2nnc(C3CC3)o2)N2C[C@@H](NC(=O)C3(c4ccccc4)CC3)C[C@@H]12. The molecule has 0 unspecified atom stereocenters. The van der Waals surface area contributed by atoms with E-state index in [1.54, 1.807) is 0 Å². The molecule has 1 aromatic heterocycles. The Balaban J connectivity index is 1.13. The zero-order chi connectivity index (χ0) is 21.0. The Kier molecular flexibility index (Phi) is 4.38. The second kappa shape index (κ2) is 7.15. The molecule has 0 radical (unpaired) electrons. The average molecular weight is 422 g/mol. The Hall–Kier alpha value is -2.74. The first kappa shape index (κ1) is 19.0. The summed E-state index contributed by atoms with van der Waals surface area (Å²) in [5.41, 5.74) is 0.691. The van der Waals surface area contributed by atoms with Crippen LogP contribution in [0.3, 0.4) is 0 Å². The molecule has 0 bridgehead atoms. The maximum Gasteiger partial charge on any atom is 0.237 e. The van der Waals surface area contributed by atoms with Crippen molar-refractivity contribution in [2.24, 2.45) is 0 Å². The third-order valence-electron chi connectivity index (χ3n) is 7.29. The van der Waals surface area contributed by atoms with Crippen LogP contribution in [0, 0.1) is 0 Å². The average Bonchev–Trinajstić information content (AvgIpc) is 3.70. The summed E-state index contributed by atoms with van der Waals surface area (Å²) in [7, 11) is 0. The first-order chi connectivity index (χ1) is 15.1. The predicted molar refractivity (Wildman–Crippen MR) is 111 cm³/mol. The van der Waals surface area contributed by atoms with E-state index in [0.29, 0.717) is 37.7 Å². The normalized spacial score (nSPS) is 29.3. The second-order valence-corrected chi connectivity index (χ2v) is 9.48. The van der Waals surface area contributed by atoms with Crippen molar-refractivity contribution in [1.29, 1.82) is 0 Å². The van der Waals surface area contributed by atoms with Gasteiger partial charge in [0.15, 0.2) is 0 Å². The molecule has 162 valence electrons. The van der Waals surface area contributed by atoms with Crippen molar-refractivity contribution in [3.05, 3.63) is 47.7 Å². The smallest absolute Gasteiger partial charge is 0.237 e. The van der Waals surface area contributed by atoms with E-state index in [1.807, 2.05) is 30.3 Å². The van der Waals surface area contributed by atoms with Gasteiger partial charge in [-0.25, -0.2) is 0 Å². The van der Waals surface area contributed by atoms with Crippen molar-refractivity contribution in [3.63, 3.8) is 0 Å². The number of rotatable bonds is 6. The lowest BCUT2D eigenvalue weighted by atomic mass is 9.94. The lowest BCUT2D eigenvalue weighted by Gasteiger charge is -2.36. The van der Waals surface area contributed by atoms with Crippen molar-refractivity contribution in [1.82, 2.24) is 25.7 Å². The summed E-state index contributed by atoms with van der Waals surface area (Å²) in [6.45, 7) is 1.23. The van der Waals surface area contributed by atoms with Gasteiger partial charge in [-0.15, -0.1) is 10.2 Å². The molecule has 3 heterocycles. The molecule has 2 amide bonds. The molecule has 4 fully saturated rings. The standard InChI is InChI=1S/C23H27N5O3/c29-20-18-10-16(25-22(30)23(8-9-23)15-4-2-1-3-5-15)13-28(18)17(12-24-20)11-19-26-27-21(31-19)14-6-7-14/h1-5,14,16-18H,6-13H2,(H,24,29)(H,25,30)/t16-,17+,18-/m0/s1. The fourth-order valence-electron chi connectivity index (χ4n) is 5.17. The molecule has 0 spiro atoms. The highest BCUT2D eigenvalue weighted by molar-refractivity contribution is 5.91. The molecular formula is C23H27N5O3. The van der Waals surface area contributed by atoms with E-state index in [4.69, 9.17) is 4.42 Å². The monoisotopic (exact) mass is 421 g/mol. The predicted octanol–water partition coefficient (Wildman–Crippen LogP) is 1.28. The number of nitrogens with one attached hydrogen (secondary N) is 2. The molecule has 2 saturated heterocycles. The number of hydrogen-bond donors (Lipinski definition) is 2. The fraction of sp³-hybridized carbons (Fsp3) is 0.565. The second-order valence-electron chi connectivity index (χ2n) is 9.48. The summed E-state index contributed by atoms with van der Waals surface area (Å²) in [6.07, 6.45) is 5.27. The molecule has 2 aliphatic carbocycles. The molecule has 8 heteroatoms. The van der Waals surface area contributed by atoms with Gasteiger partial charge in [0.1, 0.15) is 0 Å². The number of carbonyl (C=O) groups is 2. The molecule has 2 aromatic rings. The quantitative estimate of drug-likeness (QED) is 0.729. The molecule has 2 saturated carbocycles. The van der Waals surface area contributed by atoms with Crippen LogP contribution >= 0.6 is 0 Å². The van der Waals surface area contributed by atoms with E-state index in [2.05, 4.69) is 25.7 Å². The highest BCUT2D eigenvalue weighted by atomic mass is 16.4. The number of benzene rings is 1. The van der Waals surface area contributed by atoms with Gasteiger partial charge in [-0.2, -0.15) is 0 Å². The number of fused-ring (bicyclic) bond motifs is 1. The minimum Gasteiger partial charge on any atom is -0.425 e. The van der Waals surface area contributed by atoms with Crippen molar-refractivity contribution in [2.45, 2.75) is 68.0 Å². The molecule has 2 aliphatic heterocycles. The molecule has 2 N–H and O–H groups in total. The van der Waals surface area contributed by atoms with Crippen LogP contribution in [0.15, 0.2) is 34.7 Å². The fourth-order valence-corrected chi connectivity index (χ4v) is 5.17. The van der Waals surface area contributed by atoms with Crippen LogP contribution in [-0.4, -0.2) is 58.1 Å². The Morgan fingerprint density at radius 3 is 2.77 bits per heavy atom. The number of carbonyl (C=O) groups excluding carboxylic acids is 2. The minimum absolute atomic E-state index is 0.0326. The van der Waals surface area contributed by atoms with Gasteiger partial charge in [-0.05, 0) is 37.7 Å². The van der Waals surface area contributed by atoms with E-state index in [1.165, 1.54) is 0 Å². The van der Waals surface area contributed by atoms with Gasteiger partial charge >= 0.3 is 0 Å². The molecular weight excluding hydrogens is 394 g/mol. The Labute approximate surface area is 180 Å². The molecule has 3 atom stereocenters. The van der Waals surface area contributed by atoms with E-state index < -0.39 is 5.41 Å². The molecule has 4 aliphatic rings. The minimum atomic E-state index is -0.394. The number of hydrogen-bond acceptors (Lipinski definition) is 6. The van der Waals surface area contributed by atoms with Crippen LogP contribution in [0.25, 0.3) is 0 Å². The maximum atomic E-state index is 13.2. The number of nitrogens with zero attached hydrogens (tertiary/aromatic N) is 3. The third-order valence-corrected chi connectivity index (χ3v) is 7.29. The Morgan fingerprint density at radius 2 is 2.03 bits per heavy atom. The van der Waals surface area contributed by atoms with Crippen molar-refractivity contribution < 1.29 is 14.0 Å². The molecule has 1 aromatic carbocycles. The van der Waals surface area contributed by atoms with Gasteiger partial charge in [0, 0.05) is 37.5 Å². The van der Waals surface area contributed by atoms with Crippen LogP contribution in [0.1, 0.15) is 55.4 Å². The van der Waals surface area contributed by atoms with E-state index in [9.17, 15) is 9.59 Å². The number of piperazine rings is 1. The summed E-state index contributed by atoms with van der Waals surface area (Å²) in [5, 5.41) is 14.7. The van der Waals surface area contributed by atoms with Gasteiger partial charge < -0.3 is 15.1 Å². The van der Waals surface area contributed by atoms with Gasteiger partial charge in [0.05, 0.1) is 11.5 Å². The molecule has 8 nitrogen and oxygen atoms in total. The maximum absolute atomic E-state index is 13.2. The van der Waals surface area contributed by atoms with Gasteiger partial charge in [-0.1, -0.05) is 30.3 Å². The highest BCUT2D eigenvalue weighted by Crippen LogP contribution is 2.48. The summed E-state index contributed by atoms with van der Waals surface area (Å²) in [4.78, 5) is 27.9. The van der Waals surface area contributed by atoms with Crippen molar-refractivity contribution in [3.8, 4) is 0 Å². The lowest BCUT2D eigenvalue weighted by Crippen LogP contribution is -2.58. The van der Waals surface area contributed by atoms with E-state index in [-0.39, 0.29) is 29.9 Å². The van der Waals surface area contributed by atoms with Crippen molar-refractivity contribution >= 4 is 11.8 Å². The van der Waals surface area contributed by atoms with Crippen LogP contribution < -0.4 is 10.6 Å². The molecule has 31 heavy (non-hydrogen) atoms. The largest absolute Gasteiger partial charge is 0.425 e. The zero-order valence-electron chi connectivity index (χ0n) is 17.4. The molecule has 6 rings (SSSR count). The van der Waals surface area contributed by atoms with Crippen LogP contribution in [0.2, 0.25) is 0 Å². The summed E-state index contributed by atoms with van der Waals surface area (Å²) >= 11 is 0. The van der Waals surface area contributed by atoms with E-state index in [0.717, 1.165) is 37.1 Å². The third kappa shape index (κ3) is 3.43. The first-order valence-corrected chi connectivity index (χ1v) is 11.3. The Morgan fingerprint density at radius 1 is 1.23 bits per heavy atom. The zero-order valence-corrected chi connectivity index (χ0v) is 17.4. The highest BCUT2D eigenvalue weighted by Gasteiger charge is 2.53. The van der Waals surface area contributed by atoms with Crippen molar-refractivity contribution in [2.75, 3.05) is 13.1 Å². The van der Waals surface area contributed by atoms with E-state index >= 15 is 0 Å². The Bertz CT molecular complexity index is 998. The summed E-state index contributed by atoms with van der Waals surface area (Å²) < 4.78 is 5.85. The number of amides is 2. The topological polar surface area (TPSA) is 100 Å². The van der Waals surface area contributed by atoms with Crippen LogP contribution in [0.5, 0.6) is 0 Å². The summed E-state index contributed by atoms with van der Waals surface area (Å²) in [6, 6.07) is 9.86. The lowest BCUT2D eigenvalue weighted by molar-refractivity contribution is -0.129.